The van der Waals surface area contributed by atoms with Gasteiger partial charge in [0.15, 0.2) is 11.0 Å². The van der Waals surface area contributed by atoms with E-state index in [0.29, 0.717) is 21.7 Å². The average Bonchev–Trinajstić information content (AvgIpc) is 3.07. The molecule has 1 amide bonds. The van der Waals surface area contributed by atoms with Gasteiger partial charge in [0.05, 0.1) is 21.5 Å². The first kappa shape index (κ1) is 22.7. The average molecular weight is 486 g/mol. The molecule has 0 bridgehead atoms. The number of nitrogens with zero attached hydrogens (tertiary/aromatic N) is 3. The molecule has 0 atom stereocenters. The summed E-state index contributed by atoms with van der Waals surface area (Å²) in [6.07, 6.45) is 0.980. The SMILES string of the molecule is CCc1ccc(OCc2nnc(SCC(=O)Nc3c(Cl)cc(Cl)cc3Cl)n2C)cc1. The van der Waals surface area contributed by atoms with Crippen LogP contribution in [0.1, 0.15) is 18.3 Å². The normalized spacial score (nSPS) is 10.8. The van der Waals surface area contributed by atoms with E-state index in [1.807, 2.05) is 31.3 Å². The van der Waals surface area contributed by atoms with Gasteiger partial charge in [0, 0.05) is 12.1 Å². The Morgan fingerprint density at radius 1 is 1.13 bits per heavy atom. The molecule has 158 valence electrons. The van der Waals surface area contributed by atoms with Crippen LogP contribution in [0.5, 0.6) is 5.75 Å². The fraction of sp³-hybridized carbons (Fsp3) is 0.250. The van der Waals surface area contributed by atoms with Crippen LogP contribution >= 0.6 is 46.6 Å². The van der Waals surface area contributed by atoms with E-state index >= 15 is 0 Å². The van der Waals surface area contributed by atoms with Crippen molar-refractivity contribution in [3.63, 3.8) is 0 Å². The van der Waals surface area contributed by atoms with E-state index in [2.05, 4.69) is 22.4 Å². The topological polar surface area (TPSA) is 69.0 Å². The number of rotatable bonds is 8. The van der Waals surface area contributed by atoms with Crippen molar-refractivity contribution in [2.45, 2.75) is 25.1 Å². The lowest BCUT2D eigenvalue weighted by molar-refractivity contribution is -0.113. The molecule has 0 aliphatic heterocycles. The number of ether oxygens (including phenoxy) is 1. The van der Waals surface area contributed by atoms with Gasteiger partial charge >= 0.3 is 0 Å². The highest BCUT2D eigenvalue weighted by Crippen LogP contribution is 2.33. The first-order valence-electron chi connectivity index (χ1n) is 9.04. The van der Waals surface area contributed by atoms with Crippen LogP contribution in [0.2, 0.25) is 15.1 Å². The Labute approximate surface area is 193 Å². The van der Waals surface area contributed by atoms with Crippen molar-refractivity contribution < 1.29 is 9.53 Å². The van der Waals surface area contributed by atoms with Crippen LogP contribution in [0.3, 0.4) is 0 Å². The number of hydrogen-bond donors (Lipinski definition) is 1. The van der Waals surface area contributed by atoms with Gasteiger partial charge in [-0.2, -0.15) is 0 Å². The lowest BCUT2D eigenvalue weighted by Crippen LogP contribution is -2.15. The largest absolute Gasteiger partial charge is 0.486 e. The molecular weight excluding hydrogens is 467 g/mol. The molecule has 10 heteroatoms. The third-order valence-corrected chi connectivity index (χ3v) is 6.06. The van der Waals surface area contributed by atoms with E-state index in [4.69, 9.17) is 39.5 Å². The molecule has 2 aromatic carbocycles. The third kappa shape index (κ3) is 5.82. The molecule has 0 saturated heterocycles. The molecule has 0 saturated carbocycles. The number of aryl methyl sites for hydroxylation is 1. The van der Waals surface area contributed by atoms with Crippen molar-refractivity contribution in [3.05, 3.63) is 62.9 Å². The van der Waals surface area contributed by atoms with E-state index in [1.54, 1.807) is 4.57 Å². The van der Waals surface area contributed by atoms with Crippen LogP contribution in [0.15, 0.2) is 41.6 Å². The van der Waals surface area contributed by atoms with Gasteiger partial charge in [-0.15, -0.1) is 10.2 Å². The molecule has 6 nitrogen and oxygen atoms in total. The molecular formula is C20H19Cl3N4O2S. The molecule has 0 aliphatic rings. The van der Waals surface area contributed by atoms with Gasteiger partial charge in [0.2, 0.25) is 5.91 Å². The number of carbonyl (C=O) groups excluding carboxylic acids is 1. The molecule has 3 rings (SSSR count). The number of halogens is 3. The van der Waals surface area contributed by atoms with E-state index in [1.165, 1.54) is 29.5 Å². The lowest BCUT2D eigenvalue weighted by atomic mass is 10.2. The Morgan fingerprint density at radius 3 is 2.43 bits per heavy atom. The number of carbonyl (C=O) groups is 1. The minimum atomic E-state index is -0.275. The molecule has 0 fully saturated rings. The summed E-state index contributed by atoms with van der Waals surface area (Å²) in [5, 5.41) is 12.5. The van der Waals surface area contributed by atoms with Crippen molar-refractivity contribution in [2.24, 2.45) is 7.05 Å². The standard InChI is InChI=1S/C20H19Cl3N4O2S/c1-3-12-4-6-14(7-5-12)29-10-17-25-26-20(27(17)2)30-11-18(28)24-19-15(22)8-13(21)9-16(19)23/h4-9H,3,10-11H2,1-2H3,(H,24,28). The number of nitrogens with one attached hydrogen (secondary N) is 1. The summed E-state index contributed by atoms with van der Waals surface area (Å²) in [4.78, 5) is 12.3. The number of hydrogen-bond acceptors (Lipinski definition) is 5. The predicted molar refractivity (Wildman–Crippen MR) is 122 cm³/mol. The van der Waals surface area contributed by atoms with E-state index in [0.717, 1.165) is 12.2 Å². The van der Waals surface area contributed by atoms with Crippen molar-refractivity contribution in [3.8, 4) is 5.75 Å². The van der Waals surface area contributed by atoms with Crippen LogP contribution < -0.4 is 10.1 Å². The quantitative estimate of drug-likeness (QED) is 0.418. The minimum Gasteiger partial charge on any atom is -0.486 e. The fourth-order valence-electron chi connectivity index (χ4n) is 2.53. The third-order valence-electron chi connectivity index (χ3n) is 4.23. The highest BCUT2D eigenvalue weighted by molar-refractivity contribution is 7.99. The summed E-state index contributed by atoms with van der Waals surface area (Å²) in [5.74, 6) is 1.25. The molecule has 1 aromatic heterocycles. The Morgan fingerprint density at radius 2 is 1.80 bits per heavy atom. The zero-order valence-electron chi connectivity index (χ0n) is 16.3. The number of amides is 1. The van der Waals surface area contributed by atoms with Gasteiger partial charge < -0.3 is 14.6 Å². The van der Waals surface area contributed by atoms with E-state index in [-0.39, 0.29) is 28.3 Å². The lowest BCUT2D eigenvalue weighted by Gasteiger charge is -2.10. The molecule has 0 unspecified atom stereocenters. The summed E-state index contributed by atoms with van der Waals surface area (Å²) >= 11 is 19.3. The Bertz CT molecular complexity index is 1020. The Kier molecular flexibility index (Phi) is 7.88. The van der Waals surface area contributed by atoms with Gasteiger partial charge in [0.25, 0.3) is 0 Å². The second-order valence-corrected chi connectivity index (χ2v) is 8.52. The summed E-state index contributed by atoms with van der Waals surface area (Å²) in [6.45, 7) is 2.38. The van der Waals surface area contributed by atoms with E-state index < -0.39 is 0 Å². The van der Waals surface area contributed by atoms with Crippen LogP contribution in [0.25, 0.3) is 0 Å². The number of thioether (sulfide) groups is 1. The van der Waals surface area contributed by atoms with Crippen LogP contribution in [0, 0.1) is 0 Å². The maximum absolute atomic E-state index is 12.3. The van der Waals surface area contributed by atoms with Crippen molar-refractivity contribution in [1.29, 1.82) is 0 Å². The Balaban J connectivity index is 1.55. The summed E-state index contributed by atoms with van der Waals surface area (Å²) in [5.41, 5.74) is 1.58. The highest BCUT2D eigenvalue weighted by Gasteiger charge is 2.15. The number of anilines is 1. The van der Waals surface area contributed by atoms with Gasteiger partial charge in [0.1, 0.15) is 12.4 Å². The van der Waals surface area contributed by atoms with Crippen LogP contribution in [0.4, 0.5) is 5.69 Å². The second-order valence-electron chi connectivity index (χ2n) is 6.33. The zero-order chi connectivity index (χ0) is 21.7. The number of aromatic nitrogens is 3. The first-order valence-corrected chi connectivity index (χ1v) is 11.2. The van der Waals surface area contributed by atoms with Crippen molar-refractivity contribution in [2.75, 3.05) is 11.1 Å². The maximum Gasteiger partial charge on any atom is 0.234 e. The zero-order valence-corrected chi connectivity index (χ0v) is 19.4. The smallest absolute Gasteiger partial charge is 0.234 e. The monoisotopic (exact) mass is 484 g/mol. The first-order chi connectivity index (χ1) is 14.4. The van der Waals surface area contributed by atoms with E-state index in [9.17, 15) is 4.79 Å². The Hall–Kier alpha value is -1.93. The van der Waals surface area contributed by atoms with Crippen molar-refractivity contribution in [1.82, 2.24) is 14.8 Å². The molecule has 0 radical (unpaired) electrons. The molecule has 0 aliphatic carbocycles. The second kappa shape index (κ2) is 10.4. The molecule has 1 N–H and O–H groups in total. The van der Waals surface area contributed by atoms with Crippen LogP contribution in [-0.4, -0.2) is 26.4 Å². The molecule has 0 spiro atoms. The maximum atomic E-state index is 12.3. The summed E-state index contributed by atoms with van der Waals surface area (Å²) in [6, 6.07) is 11.0. The fourth-order valence-corrected chi connectivity index (χ4v) is 4.17. The molecule has 30 heavy (non-hydrogen) atoms. The summed E-state index contributed by atoms with van der Waals surface area (Å²) in [7, 11) is 1.83. The van der Waals surface area contributed by atoms with Gasteiger partial charge in [-0.05, 0) is 36.2 Å². The van der Waals surface area contributed by atoms with Gasteiger partial charge in [-0.25, -0.2) is 0 Å². The molecule has 3 aromatic rings. The summed E-state index contributed by atoms with van der Waals surface area (Å²) < 4.78 is 7.57. The highest BCUT2D eigenvalue weighted by atomic mass is 35.5. The van der Waals surface area contributed by atoms with Gasteiger partial charge in [-0.3, -0.25) is 4.79 Å². The number of benzene rings is 2. The van der Waals surface area contributed by atoms with Gasteiger partial charge in [-0.1, -0.05) is 65.6 Å². The van der Waals surface area contributed by atoms with Crippen molar-refractivity contribution >= 4 is 58.2 Å². The molecule has 1 heterocycles. The minimum absolute atomic E-state index is 0.112. The predicted octanol–water partition coefficient (Wildman–Crippen LogP) is 5.65. The van der Waals surface area contributed by atoms with Crippen LogP contribution in [-0.2, 0) is 24.9 Å².